The van der Waals surface area contributed by atoms with Gasteiger partial charge in [0, 0.05) is 5.02 Å². The highest BCUT2D eigenvalue weighted by Crippen LogP contribution is 2.36. The molecule has 0 bridgehead atoms. The number of nitrogens with two attached hydrogens (primary N) is 1. The Labute approximate surface area is 107 Å². The lowest BCUT2D eigenvalue weighted by Gasteiger charge is -2.20. The Morgan fingerprint density at radius 1 is 1.33 bits per heavy atom. The van der Waals surface area contributed by atoms with Crippen LogP contribution in [0.2, 0.25) is 5.02 Å². The van der Waals surface area contributed by atoms with Crippen molar-refractivity contribution >= 4 is 23.2 Å². The molecule has 100 valence electrons. The maximum absolute atomic E-state index is 12.7. The van der Waals surface area contributed by atoms with E-state index in [4.69, 9.17) is 17.3 Å². The van der Waals surface area contributed by atoms with E-state index in [0.717, 1.165) is 12.1 Å². The number of hydrogen-bond acceptors (Lipinski definition) is 2. The summed E-state index contributed by atoms with van der Waals surface area (Å²) in [6.45, 7) is 2.79. The van der Waals surface area contributed by atoms with E-state index >= 15 is 0 Å². The summed E-state index contributed by atoms with van der Waals surface area (Å²) in [4.78, 5) is 11.6. The van der Waals surface area contributed by atoms with Crippen molar-refractivity contribution in [3.05, 3.63) is 28.8 Å². The smallest absolute Gasteiger partial charge is 0.324 e. The first kappa shape index (κ1) is 14.8. The van der Waals surface area contributed by atoms with E-state index in [1.807, 2.05) is 0 Å². The van der Waals surface area contributed by atoms with Crippen LogP contribution < -0.4 is 11.1 Å². The van der Waals surface area contributed by atoms with E-state index in [1.165, 1.54) is 19.9 Å². The van der Waals surface area contributed by atoms with Crippen LogP contribution in [0.15, 0.2) is 18.2 Å². The number of carbonyl (C=O) groups is 1. The molecule has 0 saturated heterocycles. The number of halogens is 4. The maximum atomic E-state index is 12.7. The van der Waals surface area contributed by atoms with Crippen molar-refractivity contribution in [1.82, 2.24) is 0 Å². The standard InChI is InChI=1S/C11H12ClF3N2O/c1-10(2,16)9(18)17-8-4-3-6(12)5-7(8)11(13,14)15/h3-5H,16H2,1-2H3,(H,17,18). The minimum atomic E-state index is -4.60. The van der Waals surface area contributed by atoms with Crippen LogP contribution in [0, 0.1) is 0 Å². The Balaban J connectivity index is 3.14. The molecule has 0 heterocycles. The van der Waals surface area contributed by atoms with Crippen LogP contribution in [0.5, 0.6) is 0 Å². The van der Waals surface area contributed by atoms with Gasteiger partial charge in [0.25, 0.3) is 0 Å². The molecule has 0 aromatic heterocycles. The minimum Gasteiger partial charge on any atom is -0.324 e. The van der Waals surface area contributed by atoms with E-state index in [1.54, 1.807) is 0 Å². The predicted molar refractivity (Wildman–Crippen MR) is 63.4 cm³/mol. The van der Waals surface area contributed by atoms with Crippen LogP contribution in [0.4, 0.5) is 18.9 Å². The molecule has 0 unspecified atom stereocenters. The van der Waals surface area contributed by atoms with Crippen molar-refractivity contribution in [2.75, 3.05) is 5.32 Å². The van der Waals surface area contributed by atoms with Gasteiger partial charge in [0.05, 0.1) is 16.8 Å². The van der Waals surface area contributed by atoms with Gasteiger partial charge in [-0.25, -0.2) is 0 Å². The molecule has 0 radical (unpaired) electrons. The van der Waals surface area contributed by atoms with Crippen molar-refractivity contribution in [3.63, 3.8) is 0 Å². The fourth-order valence-electron chi connectivity index (χ4n) is 1.14. The first-order chi connectivity index (χ1) is 8.01. The Hall–Kier alpha value is -1.27. The molecule has 0 spiro atoms. The SMILES string of the molecule is CC(C)(N)C(=O)Nc1ccc(Cl)cc1C(F)(F)F. The number of benzene rings is 1. The van der Waals surface area contributed by atoms with E-state index in [9.17, 15) is 18.0 Å². The van der Waals surface area contributed by atoms with E-state index < -0.39 is 23.2 Å². The van der Waals surface area contributed by atoms with Crippen molar-refractivity contribution in [3.8, 4) is 0 Å². The number of hydrogen-bond donors (Lipinski definition) is 2. The molecule has 1 amide bonds. The molecule has 3 nitrogen and oxygen atoms in total. The molecule has 3 N–H and O–H groups in total. The monoisotopic (exact) mass is 280 g/mol. The molecule has 0 saturated carbocycles. The van der Waals surface area contributed by atoms with Gasteiger partial charge in [-0.1, -0.05) is 11.6 Å². The second-order valence-corrected chi connectivity index (χ2v) is 4.80. The number of carbonyl (C=O) groups excluding carboxylic acids is 1. The summed E-state index contributed by atoms with van der Waals surface area (Å²) in [7, 11) is 0. The topological polar surface area (TPSA) is 55.1 Å². The van der Waals surface area contributed by atoms with Gasteiger partial charge in [-0.2, -0.15) is 13.2 Å². The van der Waals surface area contributed by atoms with Crippen molar-refractivity contribution < 1.29 is 18.0 Å². The van der Waals surface area contributed by atoms with Crippen LogP contribution in [-0.4, -0.2) is 11.4 Å². The Morgan fingerprint density at radius 2 is 1.89 bits per heavy atom. The number of rotatable bonds is 2. The van der Waals surface area contributed by atoms with Gasteiger partial charge >= 0.3 is 6.18 Å². The summed E-state index contributed by atoms with van der Waals surface area (Å²) in [6.07, 6.45) is -4.60. The van der Waals surface area contributed by atoms with Crippen molar-refractivity contribution in [2.24, 2.45) is 5.73 Å². The maximum Gasteiger partial charge on any atom is 0.418 e. The van der Waals surface area contributed by atoms with Gasteiger partial charge in [-0.15, -0.1) is 0 Å². The summed E-state index contributed by atoms with van der Waals surface area (Å²) in [5, 5.41) is 2.08. The minimum absolute atomic E-state index is 0.0627. The van der Waals surface area contributed by atoms with Crippen LogP contribution in [0.1, 0.15) is 19.4 Å². The van der Waals surface area contributed by atoms with E-state index in [-0.39, 0.29) is 10.7 Å². The van der Waals surface area contributed by atoms with Crippen LogP contribution in [0.3, 0.4) is 0 Å². The number of amides is 1. The third kappa shape index (κ3) is 3.61. The molecule has 7 heteroatoms. The predicted octanol–water partition coefficient (Wildman–Crippen LogP) is 3.03. The quantitative estimate of drug-likeness (QED) is 0.875. The van der Waals surface area contributed by atoms with Gasteiger partial charge in [-0.3, -0.25) is 4.79 Å². The molecular formula is C11H12ClF3N2O. The van der Waals surface area contributed by atoms with Gasteiger partial charge in [0.2, 0.25) is 5.91 Å². The second kappa shape index (κ2) is 4.78. The molecule has 1 aromatic rings. The molecule has 0 aliphatic rings. The molecule has 0 aliphatic heterocycles. The summed E-state index contributed by atoms with van der Waals surface area (Å²) < 4.78 is 38.2. The molecular weight excluding hydrogens is 269 g/mol. The first-order valence-corrected chi connectivity index (χ1v) is 5.36. The Bertz CT molecular complexity index is 466. The van der Waals surface area contributed by atoms with Crippen molar-refractivity contribution in [1.29, 1.82) is 0 Å². The van der Waals surface area contributed by atoms with Gasteiger partial charge in [0.15, 0.2) is 0 Å². The lowest BCUT2D eigenvalue weighted by Crippen LogP contribution is -2.45. The Kier molecular flexibility index (Phi) is 3.92. The summed E-state index contributed by atoms with van der Waals surface area (Å²) in [5.74, 6) is -0.713. The highest BCUT2D eigenvalue weighted by molar-refractivity contribution is 6.30. The van der Waals surface area contributed by atoms with E-state index in [0.29, 0.717) is 0 Å². The molecule has 18 heavy (non-hydrogen) atoms. The lowest BCUT2D eigenvalue weighted by molar-refractivity contribution is -0.137. The molecule has 0 fully saturated rings. The molecule has 0 atom stereocenters. The zero-order chi connectivity index (χ0) is 14.1. The first-order valence-electron chi connectivity index (χ1n) is 4.99. The fourth-order valence-corrected chi connectivity index (χ4v) is 1.32. The lowest BCUT2D eigenvalue weighted by atomic mass is 10.1. The van der Waals surface area contributed by atoms with Gasteiger partial charge < -0.3 is 11.1 Å². The molecule has 0 aliphatic carbocycles. The van der Waals surface area contributed by atoms with Crippen LogP contribution in [-0.2, 0) is 11.0 Å². The zero-order valence-corrected chi connectivity index (χ0v) is 10.5. The average Bonchev–Trinajstić information content (AvgIpc) is 2.17. The fraction of sp³-hybridized carbons (Fsp3) is 0.364. The molecule has 1 aromatic carbocycles. The third-order valence-electron chi connectivity index (χ3n) is 2.12. The zero-order valence-electron chi connectivity index (χ0n) is 9.73. The summed E-state index contributed by atoms with van der Waals surface area (Å²) in [6, 6.07) is 3.10. The average molecular weight is 281 g/mol. The van der Waals surface area contributed by atoms with Gasteiger partial charge in [-0.05, 0) is 32.0 Å². The molecule has 1 rings (SSSR count). The van der Waals surface area contributed by atoms with E-state index in [2.05, 4.69) is 5.32 Å². The van der Waals surface area contributed by atoms with Crippen molar-refractivity contribution in [2.45, 2.75) is 25.6 Å². The Morgan fingerprint density at radius 3 is 2.33 bits per heavy atom. The highest BCUT2D eigenvalue weighted by Gasteiger charge is 2.35. The van der Waals surface area contributed by atoms with Crippen LogP contribution >= 0.6 is 11.6 Å². The number of nitrogens with one attached hydrogen (secondary N) is 1. The van der Waals surface area contributed by atoms with Crippen LogP contribution in [0.25, 0.3) is 0 Å². The summed E-state index contributed by atoms with van der Waals surface area (Å²) in [5.41, 5.74) is 2.85. The largest absolute Gasteiger partial charge is 0.418 e. The highest BCUT2D eigenvalue weighted by atomic mass is 35.5. The third-order valence-corrected chi connectivity index (χ3v) is 2.36. The number of alkyl halides is 3. The number of anilines is 1. The van der Waals surface area contributed by atoms with Gasteiger partial charge in [0.1, 0.15) is 0 Å². The summed E-state index contributed by atoms with van der Waals surface area (Å²) >= 11 is 5.51. The second-order valence-electron chi connectivity index (χ2n) is 4.36. The normalized spacial score (nSPS) is 12.4.